The third kappa shape index (κ3) is 4.35. The standard InChI is InChI=1S/C12H18ClNS/c1-3-9(2)7-15-8-10-4-5-11(14)6-12(10)13/h4-6,9H,3,7-8,14H2,1-2H3. The normalized spacial score (nSPS) is 12.7. The molecule has 0 saturated heterocycles. The molecule has 1 unspecified atom stereocenters. The fourth-order valence-electron chi connectivity index (χ4n) is 1.17. The molecule has 0 radical (unpaired) electrons. The van der Waals surface area contributed by atoms with Gasteiger partial charge in [-0.15, -0.1) is 0 Å². The van der Waals surface area contributed by atoms with Gasteiger partial charge < -0.3 is 5.73 Å². The Balaban J connectivity index is 2.44. The topological polar surface area (TPSA) is 26.0 Å². The van der Waals surface area contributed by atoms with Crippen molar-refractivity contribution in [2.45, 2.75) is 26.0 Å². The highest BCUT2D eigenvalue weighted by molar-refractivity contribution is 7.98. The number of thioether (sulfide) groups is 1. The van der Waals surface area contributed by atoms with Crippen molar-refractivity contribution in [3.8, 4) is 0 Å². The van der Waals surface area contributed by atoms with Gasteiger partial charge in [0, 0.05) is 16.5 Å². The van der Waals surface area contributed by atoms with Gasteiger partial charge >= 0.3 is 0 Å². The largest absolute Gasteiger partial charge is 0.399 e. The van der Waals surface area contributed by atoms with Crippen LogP contribution in [0.25, 0.3) is 0 Å². The van der Waals surface area contributed by atoms with E-state index in [2.05, 4.69) is 13.8 Å². The highest BCUT2D eigenvalue weighted by Crippen LogP contribution is 2.24. The molecule has 0 saturated carbocycles. The maximum absolute atomic E-state index is 6.09. The first-order valence-electron chi connectivity index (χ1n) is 5.25. The molecule has 1 atom stereocenters. The van der Waals surface area contributed by atoms with Gasteiger partial charge in [-0.05, 0) is 29.4 Å². The Morgan fingerprint density at radius 2 is 2.20 bits per heavy atom. The van der Waals surface area contributed by atoms with Gasteiger partial charge in [0.15, 0.2) is 0 Å². The molecule has 1 aromatic rings. The van der Waals surface area contributed by atoms with Crippen molar-refractivity contribution in [1.29, 1.82) is 0 Å². The summed E-state index contributed by atoms with van der Waals surface area (Å²) < 4.78 is 0. The Kier molecular flexibility index (Phi) is 5.34. The van der Waals surface area contributed by atoms with Gasteiger partial charge in [0.05, 0.1) is 0 Å². The van der Waals surface area contributed by atoms with E-state index in [0.29, 0.717) is 0 Å². The quantitative estimate of drug-likeness (QED) is 0.785. The molecule has 0 spiro atoms. The molecule has 0 aliphatic rings. The average molecular weight is 244 g/mol. The number of hydrogen-bond donors (Lipinski definition) is 1. The monoisotopic (exact) mass is 243 g/mol. The smallest absolute Gasteiger partial charge is 0.0466 e. The second-order valence-electron chi connectivity index (χ2n) is 3.88. The predicted molar refractivity (Wildman–Crippen MR) is 71.5 cm³/mol. The van der Waals surface area contributed by atoms with Crippen LogP contribution in [0, 0.1) is 5.92 Å². The van der Waals surface area contributed by atoms with E-state index >= 15 is 0 Å². The molecular weight excluding hydrogens is 226 g/mol. The number of anilines is 1. The van der Waals surface area contributed by atoms with Crippen LogP contribution >= 0.6 is 23.4 Å². The first kappa shape index (κ1) is 12.7. The second-order valence-corrected chi connectivity index (χ2v) is 5.32. The van der Waals surface area contributed by atoms with Crippen LogP contribution < -0.4 is 5.73 Å². The van der Waals surface area contributed by atoms with E-state index in [1.807, 2.05) is 30.0 Å². The molecule has 1 nitrogen and oxygen atoms in total. The number of hydrogen-bond acceptors (Lipinski definition) is 2. The molecular formula is C12H18ClNS. The van der Waals surface area contributed by atoms with Crippen molar-refractivity contribution >= 4 is 29.1 Å². The molecule has 0 aromatic heterocycles. The highest BCUT2D eigenvalue weighted by atomic mass is 35.5. The molecule has 0 bridgehead atoms. The minimum absolute atomic E-state index is 0.732. The zero-order valence-electron chi connectivity index (χ0n) is 9.29. The van der Waals surface area contributed by atoms with Crippen LogP contribution in [-0.4, -0.2) is 5.75 Å². The van der Waals surface area contributed by atoms with E-state index in [1.165, 1.54) is 17.7 Å². The van der Waals surface area contributed by atoms with E-state index in [1.54, 1.807) is 0 Å². The van der Waals surface area contributed by atoms with Crippen LogP contribution in [0.4, 0.5) is 5.69 Å². The summed E-state index contributed by atoms with van der Waals surface area (Å²) in [6.07, 6.45) is 1.24. The summed E-state index contributed by atoms with van der Waals surface area (Å²) in [5.74, 6) is 2.95. The molecule has 0 aliphatic carbocycles. The molecule has 1 rings (SSSR count). The summed E-state index contributed by atoms with van der Waals surface area (Å²) >= 11 is 8.02. The third-order valence-electron chi connectivity index (χ3n) is 2.43. The first-order chi connectivity index (χ1) is 7.13. The van der Waals surface area contributed by atoms with Gasteiger partial charge in [-0.1, -0.05) is 37.9 Å². The molecule has 0 amide bonds. The lowest BCUT2D eigenvalue weighted by Crippen LogP contribution is -1.96. The van der Waals surface area contributed by atoms with Crippen LogP contribution in [0.2, 0.25) is 5.02 Å². The second kappa shape index (κ2) is 6.29. The SMILES string of the molecule is CCC(C)CSCc1ccc(N)cc1Cl. The molecule has 2 N–H and O–H groups in total. The zero-order chi connectivity index (χ0) is 11.3. The first-order valence-corrected chi connectivity index (χ1v) is 6.78. The van der Waals surface area contributed by atoms with Crippen LogP contribution in [0.1, 0.15) is 25.8 Å². The van der Waals surface area contributed by atoms with Crippen molar-refractivity contribution in [1.82, 2.24) is 0 Å². The number of halogens is 1. The fraction of sp³-hybridized carbons (Fsp3) is 0.500. The Hall–Kier alpha value is -0.340. The summed E-state index contributed by atoms with van der Waals surface area (Å²) in [5, 5.41) is 0.784. The van der Waals surface area contributed by atoms with Crippen molar-refractivity contribution in [3.05, 3.63) is 28.8 Å². The van der Waals surface area contributed by atoms with Crippen molar-refractivity contribution in [3.63, 3.8) is 0 Å². The summed E-state index contributed by atoms with van der Waals surface area (Å²) in [4.78, 5) is 0. The summed E-state index contributed by atoms with van der Waals surface area (Å²) in [6.45, 7) is 4.50. The van der Waals surface area contributed by atoms with E-state index in [9.17, 15) is 0 Å². The number of benzene rings is 1. The van der Waals surface area contributed by atoms with Crippen LogP contribution in [-0.2, 0) is 5.75 Å². The lowest BCUT2D eigenvalue weighted by Gasteiger charge is -2.09. The maximum Gasteiger partial charge on any atom is 0.0466 e. The minimum Gasteiger partial charge on any atom is -0.399 e. The number of nitrogens with two attached hydrogens (primary N) is 1. The Morgan fingerprint density at radius 3 is 2.80 bits per heavy atom. The molecule has 15 heavy (non-hydrogen) atoms. The average Bonchev–Trinajstić information content (AvgIpc) is 2.21. The van der Waals surface area contributed by atoms with Gasteiger partial charge in [-0.25, -0.2) is 0 Å². The molecule has 0 heterocycles. The summed E-state index contributed by atoms with van der Waals surface area (Å²) in [5.41, 5.74) is 7.55. The van der Waals surface area contributed by atoms with Gasteiger partial charge in [-0.2, -0.15) is 11.8 Å². The van der Waals surface area contributed by atoms with Gasteiger partial charge in [0.1, 0.15) is 0 Å². The molecule has 3 heteroatoms. The third-order valence-corrected chi connectivity index (χ3v) is 4.11. The molecule has 0 fully saturated rings. The lowest BCUT2D eigenvalue weighted by molar-refractivity contribution is 0.637. The van der Waals surface area contributed by atoms with Gasteiger partial charge in [-0.3, -0.25) is 0 Å². The Labute approximate surface area is 101 Å². The fourth-order valence-corrected chi connectivity index (χ4v) is 2.73. The highest BCUT2D eigenvalue weighted by Gasteiger charge is 2.03. The predicted octanol–water partition coefficient (Wildman–Crippen LogP) is 4.20. The van der Waals surface area contributed by atoms with E-state index in [4.69, 9.17) is 17.3 Å². The van der Waals surface area contributed by atoms with E-state index in [-0.39, 0.29) is 0 Å². The van der Waals surface area contributed by atoms with Crippen molar-refractivity contribution in [2.24, 2.45) is 5.92 Å². The Morgan fingerprint density at radius 1 is 1.47 bits per heavy atom. The van der Waals surface area contributed by atoms with Crippen molar-refractivity contribution < 1.29 is 0 Å². The van der Waals surface area contributed by atoms with E-state index < -0.39 is 0 Å². The number of nitrogen functional groups attached to an aromatic ring is 1. The Bertz CT molecular complexity index is 314. The van der Waals surface area contributed by atoms with E-state index in [0.717, 1.165) is 22.4 Å². The number of rotatable bonds is 5. The molecule has 84 valence electrons. The molecule has 1 aromatic carbocycles. The minimum atomic E-state index is 0.732. The van der Waals surface area contributed by atoms with Crippen LogP contribution in [0.5, 0.6) is 0 Å². The van der Waals surface area contributed by atoms with Gasteiger partial charge in [0.25, 0.3) is 0 Å². The van der Waals surface area contributed by atoms with Crippen LogP contribution in [0.15, 0.2) is 18.2 Å². The maximum atomic E-state index is 6.09. The summed E-state index contributed by atoms with van der Waals surface area (Å²) in [6, 6.07) is 5.74. The molecule has 0 aliphatic heterocycles. The van der Waals surface area contributed by atoms with Crippen LogP contribution in [0.3, 0.4) is 0 Å². The zero-order valence-corrected chi connectivity index (χ0v) is 10.9. The van der Waals surface area contributed by atoms with Crippen molar-refractivity contribution in [2.75, 3.05) is 11.5 Å². The van der Waals surface area contributed by atoms with Gasteiger partial charge in [0.2, 0.25) is 0 Å². The summed E-state index contributed by atoms with van der Waals surface area (Å²) in [7, 11) is 0. The lowest BCUT2D eigenvalue weighted by atomic mass is 10.2.